The van der Waals surface area contributed by atoms with Crippen molar-refractivity contribution >= 4 is 17.5 Å². The lowest BCUT2D eigenvalue weighted by Gasteiger charge is -2.32. The van der Waals surface area contributed by atoms with Crippen molar-refractivity contribution in [2.45, 2.75) is 26.7 Å². The van der Waals surface area contributed by atoms with Crippen LogP contribution in [0.3, 0.4) is 0 Å². The Morgan fingerprint density at radius 1 is 1.33 bits per heavy atom. The highest BCUT2D eigenvalue weighted by molar-refractivity contribution is 6.11. The number of nitrogens with two attached hydrogens (primary N) is 1. The summed E-state index contributed by atoms with van der Waals surface area (Å²) in [5.41, 5.74) is 7.60. The SMILES string of the molecule is CC(C)CN1C(=O)c2cc(N)ccc2C(C)C1=O. The van der Waals surface area contributed by atoms with E-state index >= 15 is 0 Å². The molecule has 18 heavy (non-hydrogen) atoms. The summed E-state index contributed by atoms with van der Waals surface area (Å²) in [4.78, 5) is 25.8. The molecule has 2 rings (SSSR count). The second-order valence-corrected chi connectivity index (χ2v) is 5.22. The van der Waals surface area contributed by atoms with Crippen molar-refractivity contribution in [3.63, 3.8) is 0 Å². The van der Waals surface area contributed by atoms with Gasteiger partial charge in [-0.25, -0.2) is 0 Å². The van der Waals surface area contributed by atoms with E-state index in [2.05, 4.69) is 0 Å². The number of amides is 2. The van der Waals surface area contributed by atoms with Crippen LogP contribution in [0.2, 0.25) is 0 Å². The third kappa shape index (κ3) is 1.98. The second-order valence-electron chi connectivity index (χ2n) is 5.22. The number of nitrogen functional groups attached to an aromatic ring is 1. The van der Waals surface area contributed by atoms with Crippen molar-refractivity contribution in [1.82, 2.24) is 4.90 Å². The summed E-state index contributed by atoms with van der Waals surface area (Å²) in [5.74, 6) is -0.371. The molecule has 0 fully saturated rings. The minimum absolute atomic E-state index is 0.119. The zero-order valence-electron chi connectivity index (χ0n) is 10.9. The van der Waals surface area contributed by atoms with E-state index in [-0.39, 0.29) is 23.7 Å². The number of nitrogens with zero attached hydrogens (tertiary/aromatic N) is 1. The van der Waals surface area contributed by atoms with Crippen LogP contribution in [0.1, 0.15) is 42.6 Å². The third-order valence-corrected chi connectivity index (χ3v) is 3.20. The number of rotatable bonds is 2. The maximum atomic E-state index is 12.3. The minimum atomic E-state index is -0.281. The van der Waals surface area contributed by atoms with E-state index in [0.717, 1.165) is 5.56 Å². The van der Waals surface area contributed by atoms with Crippen LogP contribution in [-0.2, 0) is 4.79 Å². The van der Waals surface area contributed by atoms with Crippen LogP contribution in [0.25, 0.3) is 0 Å². The van der Waals surface area contributed by atoms with Gasteiger partial charge < -0.3 is 5.73 Å². The molecule has 0 spiro atoms. The first-order chi connectivity index (χ1) is 8.41. The summed E-state index contributed by atoms with van der Waals surface area (Å²) in [6.45, 7) is 6.26. The van der Waals surface area contributed by atoms with Gasteiger partial charge in [0, 0.05) is 17.8 Å². The van der Waals surface area contributed by atoms with Crippen molar-refractivity contribution in [1.29, 1.82) is 0 Å². The molecule has 1 aromatic carbocycles. The van der Waals surface area contributed by atoms with Crippen LogP contribution in [0.15, 0.2) is 18.2 Å². The highest BCUT2D eigenvalue weighted by Gasteiger charge is 2.36. The van der Waals surface area contributed by atoms with Crippen molar-refractivity contribution in [2.24, 2.45) is 5.92 Å². The maximum Gasteiger partial charge on any atom is 0.260 e. The van der Waals surface area contributed by atoms with Crippen molar-refractivity contribution in [2.75, 3.05) is 12.3 Å². The Labute approximate surface area is 107 Å². The van der Waals surface area contributed by atoms with E-state index in [1.165, 1.54) is 4.90 Å². The molecular weight excluding hydrogens is 228 g/mol. The average molecular weight is 246 g/mol. The summed E-state index contributed by atoms with van der Waals surface area (Å²) in [6, 6.07) is 5.17. The van der Waals surface area contributed by atoms with Gasteiger partial charge in [-0.1, -0.05) is 19.9 Å². The summed E-state index contributed by atoms with van der Waals surface area (Å²) < 4.78 is 0. The Kier molecular flexibility index (Phi) is 3.11. The third-order valence-electron chi connectivity index (χ3n) is 3.20. The van der Waals surface area contributed by atoms with Gasteiger partial charge in [-0.3, -0.25) is 14.5 Å². The normalized spacial score (nSPS) is 19.3. The van der Waals surface area contributed by atoms with Crippen molar-refractivity contribution < 1.29 is 9.59 Å². The quantitative estimate of drug-likeness (QED) is 0.641. The average Bonchev–Trinajstić information content (AvgIpc) is 2.31. The summed E-state index contributed by atoms with van der Waals surface area (Å²) >= 11 is 0. The minimum Gasteiger partial charge on any atom is -0.399 e. The topological polar surface area (TPSA) is 63.4 Å². The Hall–Kier alpha value is -1.84. The number of anilines is 1. The van der Waals surface area contributed by atoms with Crippen LogP contribution in [0.4, 0.5) is 5.69 Å². The van der Waals surface area contributed by atoms with Gasteiger partial charge in [0.25, 0.3) is 5.91 Å². The highest BCUT2D eigenvalue weighted by atomic mass is 16.2. The molecule has 2 amide bonds. The number of carbonyl (C=O) groups is 2. The van der Waals surface area contributed by atoms with Gasteiger partial charge in [0.15, 0.2) is 0 Å². The lowest BCUT2D eigenvalue weighted by atomic mass is 9.89. The lowest BCUT2D eigenvalue weighted by Crippen LogP contribution is -2.45. The molecule has 0 saturated heterocycles. The number of fused-ring (bicyclic) bond motifs is 1. The van der Waals surface area contributed by atoms with Crippen molar-refractivity contribution in [3.8, 4) is 0 Å². The predicted octanol–water partition coefficient (Wildman–Crippen LogP) is 2.01. The molecule has 0 saturated carbocycles. The number of hydrogen-bond donors (Lipinski definition) is 1. The number of hydrogen-bond acceptors (Lipinski definition) is 3. The molecule has 4 heteroatoms. The first kappa shape index (κ1) is 12.6. The van der Waals surface area contributed by atoms with Crippen molar-refractivity contribution in [3.05, 3.63) is 29.3 Å². The first-order valence-electron chi connectivity index (χ1n) is 6.17. The van der Waals surface area contributed by atoms with E-state index in [1.54, 1.807) is 18.2 Å². The lowest BCUT2D eigenvalue weighted by molar-refractivity contribution is -0.130. The molecular formula is C14H18N2O2. The maximum absolute atomic E-state index is 12.3. The van der Waals surface area contributed by atoms with Gasteiger partial charge in [-0.05, 0) is 30.5 Å². The molecule has 1 aliphatic heterocycles. The van der Waals surface area contributed by atoms with E-state index in [0.29, 0.717) is 17.8 Å². The van der Waals surface area contributed by atoms with Crippen LogP contribution >= 0.6 is 0 Å². The molecule has 1 unspecified atom stereocenters. The fourth-order valence-electron chi connectivity index (χ4n) is 2.29. The molecule has 1 atom stereocenters. The molecule has 0 aliphatic carbocycles. The molecule has 1 aliphatic rings. The zero-order chi connectivity index (χ0) is 13.4. The number of benzene rings is 1. The molecule has 1 heterocycles. The summed E-state index contributed by atoms with van der Waals surface area (Å²) in [5, 5.41) is 0. The monoisotopic (exact) mass is 246 g/mol. The standard InChI is InChI=1S/C14H18N2O2/c1-8(2)7-16-13(17)9(3)11-5-4-10(15)6-12(11)14(16)18/h4-6,8-9H,7,15H2,1-3H3. The largest absolute Gasteiger partial charge is 0.399 e. The van der Waals surface area contributed by atoms with E-state index in [4.69, 9.17) is 5.73 Å². The molecule has 0 bridgehead atoms. The van der Waals surface area contributed by atoms with Crippen LogP contribution in [0.5, 0.6) is 0 Å². The number of carbonyl (C=O) groups excluding carboxylic acids is 2. The van der Waals surface area contributed by atoms with Gasteiger partial charge in [0.1, 0.15) is 0 Å². The molecule has 96 valence electrons. The molecule has 2 N–H and O–H groups in total. The first-order valence-corrected chi connectivity index (χ1v) is 6.17. The van der Waals surface area contributed by atoms with E-state index in [9.17, 15) is 9.59 Å². The van der Waals surface area contributed by atoms with Gasteiger partial charge in [-0.2, -0.15) is 0 Å². The van der Waals surface area contributed by atoms with Gasteiger partial charge in [0.2, 0.25) is 5.91 Å². The summed E-state index contributed by atoms with van der Waals surface area (Å²) in [6.07, 6.45) is 0. The number of imide groups is 1. The Morgan fingerprint density at radius 3 is 2.61 bits per heavy atom. The predicted molar refractivity (Wildman–Crippen MR) is 70.2 cm³/mol. The second kappa shape index (κ2) is 4.44. The van der Waals surface area contributed by atoms with Crippen LogP contribution in [-0.4, -0.2) is 23.3 Å². The van der Waals surface area contributed by atoms with Gasteiger partial charge in [0.05, 0.1) is 5.92 Å². The molecule has 0 radical (unpaired) electrons. The Bertz CT molecular complexity index is 509. The fourth-order valence-corrected chi connectivity index (χ4v) is 2.29. The van der Waals surface area contributed by atoms with E-state index in [1.807, 2.05) is 20.8 Å². The fraction of sp³-hybridized carbons (Fsp3) is 0.429. The smallest absolute Gasteiger partial charge is 0.260 e. The van der Waals surface area contributed by atoms with Crippen LogP contribution in [0, 0.1) is 5.92 Å². The summed E-state index contributed by atoms with van der Waals surface area (Å²) in [7, 11) is 0. The van der Waals surface area contributed by atoms with E-state index < -0.39 is 0 Å². The van der Waals surface area contributed by atoms with Gasteiger partial charge in [-0.15, -0.1) is 0 Å². The zero-order valence-corrected chi connectivity index (χ0v) is 10.9. The highest BCUT2D eigenvalue weighted by Crippen LogP contribution is 2.30. The van der Waals surface area contributed by atoms with Crippen LogP contribution < -0.4 is 5.73 Å². The molecule has 4 nitrogen and oxygen atoms in total. The Balaban J connectivity index is 2.47. The molecule has 1 aromatic rings. The Morgan fingerprint density at radius 2 is 2.00 bits per heavy atom. The molecule has 0 aromatic heterocycles. The van der Waals surface area contributed by atoms with Gasteiger partial charge >= 0.3 is 0 Å².